The van der Waals surface area contributed by atoms with Crippen LogP contribution in [0.15, 0.2) is 48.4 Å². The Kier molecular flexibility index (Phi) is 5.14. The first-order chi connectivity index (χ1) is 9.40. The molecule has 0 aromatic heterocycles. The summed E-state index contributed by atoms with van der Waals surface area (Å²) in [5, 5.41) is 7.02. The fourth-order valence-corrected chi connectivity index (χ4v) is 2.26. The van der Waals surface area contributed by atoms with Crippen molar-refractivity contribution in [2.45, 2.75) is 60.0 Å². The molecule has 0 heterocycles. The van der Waals surface area contributed by atoms with Crippen LogP contribution in [0, 0.1) is 11.3 Å². The van der Waals surface area contributed by atoms with Gasteiger partial charge in [-0.1, -0.05) is 53.0 Å². The van der Waals surface area contributed by atoms with Gasteiger partial charge in [0.05, 0.1) is 6.04 Å². The molecular weight excluding hydrogens is 256 g/mol. The highest BCUT2D eigenvalue weighted by atomic mass is 15.0. The Morgan fingerprint density at radius 2 is 1.67 bits per heavy atom. The molecule has 2 unspecified atom stereocenters. The quantitative estimate of drug-likeness (QED) is 0.742. The van der Waals surface area contributed by atoms with Crippen molar-refractivity contribution in [3.05, 3.63) is 48.4 Å². The van der Waals surface area contributed by atoms with E-state index >= 15 is 0 Å². The lowest BCUT2D eigenvalue weighted by atomic mass is 9.85. The van der Waals surface area contributed by atoms with E-state index in [0.29, 0.717) is 5.92 Å². The SMILES string of the molecule is C=C(NC1C=CC(NC(C)(C)C)=CC1C)C(=C)C(C)(C)C. The summed E-state index contributed by atoms with van der Waals surface area (Å²) in [5.41, 5.74) is 3.31. The fourth-order valence-electron chi connectivity index (χ4n) is 2.26. The Balaban J connectivity index is 2.68. The van der Waals surface area contributed by atoms with E-state index < -0.39 is 0 Å². The first-order valence-electron chi connectivity index (χ1n) is 7.73. The van der Waals surface area contributed by atoms with Crippen molar-refractivity contribution in [3.8, 4) is 0 Å². The second kappa shape index (κ2) is 6.13. The Morgan fingerprint density at radius 3 is 2.10 bits per heavy atom. The van der Waals surface area contributed by atoms with E-state index in [1.54, 1.807) is 0 Å². The number of nitrogens with one attached hydrogen (secondary N) is 2. The van der Waals surface area contributed by atoms with Crippen LogP contribution >= 0.6 is 0 Å². The Hall–Kier alpha value is -1.44. The molecule has 0 aromatic rings. The summed E-state index contributed by atoms with van der Waals surface area (Å²) in [4.78, 5) is 0. The van der Waals surface area contributed by atoms with E-state index in [-0.39, 0.29) is 17.0 Å². The zero-order valence-corrected chi connectivity index (χ0v) is 14.8. The van der Waals surface area contributed by atoms with Gasteiger partial charge in [-0.15, -0.1) is 0 Å². The maximum atomic E-state index is 4.17. The van der Waals surface area contributed by atoms with Crippen LogP contribution in [0.25, 0.3) is 0 Å². The smallest absolute Gasteiger partial charge is 0.0509 e. The van der Waals surface area contributed by atoms with Crippen LogP contribution in [0.2, 0.25) is 0 Å². The normalized spacial score (nSPS) is 22.5. The molecule has 2 N–H and O–H groups in total. The topological polar surface area (TPSA) is 24.1 Å². The zero-order chi connectivity index (χ0) is 16.4. The van der Waals surface area contributed by atoms with Gasteiger partial charge in [-0.25, -0.2) is 0 Å². The molecule has 0 saturated heterocycles. The summed E-state index contributed by atoms with van der Waals surface area (Å²) in [6.07, 6.45) is 6.63. The van der Waals surface area contributed by atoms with Gasteiger partial charge in [0.15, 0.2) is 0 Å². The van der Waals surface area contributed by atoms with Gasteiger partial charge in [0.1, 0.15) is 0 Å². The maximum Gasteiger partial charge on any atom is 0.0509 e. The molecule has 2 heteroatoms. The van der Waals surface area contributed by atoms with Crippen LogP contribution in [0.5, 0.6) is 0 Å². The molecule has 1 aliphatic rings. The predicted octanol–water partition coefficient (Wildman–Crippen LogP) is 4.54. The van der Waals surface area contributed by atoms with Crippen molar-refractivity contribution in [1.82, 2.24) is 10.6 Å². The minimum absolute atomic E-state index is 0.0422. The summed E-state index contributed by atoms with van der Waals surface area (Å²) < 4.78 is 0. The third kappa shape index (κ3) is 5.45. The van der Waals surface area contributed by atoms with Gasteiger partial charge >= 0.3 is 0 Å². The first kappa shape index (κ1) is 17.6. The third-order valence-corrected chi connectivity index (χ3v) is 3.62. The minimum Gasteiger partial charge on any atom is -0.381 e. The molecule has 0 aromatic carbocycles. The molecule has 2 nitrogen and oxygen atoms in total. The molecule has 1 aliphatic carbocycles. The van der Waals surface area contributed by atoms with Crippen LogP contribution in [-0.4, -0.2) is 11.6 Å². The van der Waals surface area contributed by atoms with Crippen molar-refractivity contribution < 1.29 is 0 Å². The molecule has 21 heavy (non-hydrogen) atoms. The monoisotopic (exact) mass is 288 g/mol. The minimum atomic E-state index is 0.0422. The summed E-state index contributed by atoms with van der Waals surface area (Å²) >= 11 is 0. The molecule has 0 spiro atoms. The lowest BCUT2D eigenvalue weighted by Crippen LogP contribution is -2.39. The van der Waals surface area contributed by atoms with Gasteiger partial charge in [-0.3, -0.25) is 0 Å². The molecule has 0 aliphatic heterocycles. The van der Waals surface area contributed by atoms with Crippen molar-refractivity contribution in [1.29, 1.82) is 0 Å². The molecule has 2 atom stereocenters. The van der Waals surface area contributed by atoms with Crippen LogP contribution < -0.4 is 10.6 Å². The Morgan fingerprint density at radius 1 is 1.10 bits per heavy atom. The maximum absolute atomic E-state index is 4.17. The first-order valence-corrected chi connectivity index (χ1v) is 7.73. The van der Waals surface area contributed by atoms with Crippen molar-refractivity contribution in [2.75, 3.05) is 0 Å². The van der Waals surface area contributed by atoms with E-state index in [9.17, 15) is 0 Å². The average Bonchev–Trinajstić information content (AvgIpc) is 2.28. The van der Waals surface area contributed by atoms with E-state index in [1.165, 1.54) is 5.70 Å². The number of rotatable bonds is 4. The van der Waals surface area contributed by atoms with E-state index in [1.807, 2.05) is 0 Å². The van der Waals surface area contributed by atoms with Crippen LogP contribution in [0.4, 0.5) is 0 Å². The number of hydrogen-bond donors (Lipinski definition) is 2. The second-order valence-electron chi connectivity index (χ2n) is 8.09. The van der Waals surface area contributed by atoms with Gasteiger partial charge in [-0.2, -0.15) is 0 Å². The molecule has 0 saturated carbocycles. The fraction of sp³-hybridized carbons (Fsp3) is 0.579. The summed E-state index contributed by atoms with van der Waals surface area (Å²) in [6, 6.07) is 0.266. The largest absolute Gasteiger partial charge is 0.381 e. The molecule has 0 radical (unpaired) electrons. The van der Waals surface area contributed by atoms with E-state index in [4.69, 9.17) is 0 Å². The highest BCUT2D eigenvalue weighted by Crippen LogP contribution is 2.28. The summed E-state index contributed by atoms with van der Waals surface area (Å²) in [6.45, 7) is 23.5. The summed E-state index contributed by atoms with van der Waals surface area (Å²) in [7, 11) is 0. The summed E-state index contributed by atoms with van der Waals surface area (Å²) in [5.74, 6) is 0.407. The van der Waals surface area contributed by atoms with Crippen LogP contribution in [-0.2, 0) is 0 Å². The van der Waals surface area contributed by atoms with Gasteiger partial charge < -0.3 is 10.6 Å². The average molecular weight is 288 g/mol. The van der Waals surface area contributed by atoms with E-state index in [2.05, 4.69) is 90.5 Å². The Labute approximate surface area is 131 Å². The van der Waals surface area contributed by atoms with E-state index in [0.717, 1.165) is 11.3 Å². The zero-order valence-electron chi connectivity index (χ0n) is 14.8. The molecule has 0 fully saturated rings. The van der Waals surface area contributed by atoms with Crippen molar-refractivity contribution in [2.24, 2.45) is 11.3 Å². The lowest BCUT2D eigenvalue weighted by molar-refractivity contribution is 0.459. The van der Waals surface area contributed by atoms with Crippen LogP contribution in [0.3, 0.4) is 0 Å². The molecule has 0 bridgehead atoms. The number of hydrogen-bond acceptors (Lipinski definition) is 2. The van der Waals surface area contributed by atoms with Crippen molar-refractivity contribution >= 4 is 0 Å². The standard InChI is InChI=1S/C19H32N2/c1-13-12-16(21-19(7,8)9)10-11-17(13)20-15(3)14(2)18(4,5)6/h10-13,17,20-21H,2-3H2,1,4-9H3. The molecular formula is C19H32N2. The van der Waals surface area contributed by atoms with Gasteiger partial charge in [0.2, 0.25) is 0 Å². The van der Waals surface area contributed by atoms with Gasteiger partial charge in [0, 0.05) is 22.9 Å². The van der Waals surface area contributed by atoms with Crippen molar-refractivity contribution in [3.63, 3.8) is 0 Å². The van der Waals surface area contributed by atoms with Gasteiger partial charge in [-0.05, 0) is 37.8 Å². The molecule has 118 valence electrons. The highest BCUT2D eigenvalue weighted by Gasteiger charge is 2.22. The Bertz CT molecular complexity index is 467. The number of allylic oxidation sites excluding steroid dienone is 2. The molecule has 0 amide bonds. The lowest BCUT2D eigenvalue weighted by Gasteiger charge is -2.32. The van der Waals surface area contributed by atoms with Crippen LogP contribution in [0.1, 0.15) is 48.5 Å². The van der Waals surface area contributed by atoms with Gasteiger partial charge in [0.25, 0.3) is 0 Å². The predicted molar refractivity (Wildman–Crippen MR) is 93.9 cm³/mol. The highest BCUT2D eigenvalue weighted by molar-refractivity contribution is 5.33. The second-order valence-corrected chi connectivity index (χ2v) is 8.09. The molecule has 1 rings (SSSR count). The third-order valence-electron chi connectivity index (χ3n) is 3.62.